The molecule has 4 aromatic rings. The third kappa shape index (κ3) is 9.16. The van der Waals surface area contributed by atoms with E-state index >= 15 is 0 Å². The highest BCUT2D eigenvalue weighted by atomic mass is 79.9. The number of nitrogens with zero attached hydrogens (tertiary/aromatic N) is 2. The number of sulfonamides is 1. The van der Waals surface area contributed by atoms with Gasteiger partial charge >= 0.3 is 0 Å². The van der Waals surface area contributed by atoms with Gasteiger partial charge in [-0.15, -0.1) is 0 Å². The van der Waals surface area contributed by atoms with Crippen LogP contribution in [0.4, 0.5) is 5.69 Å². The van der Waals surface area contributed by atoms with Crippen molar-refractivity contribution in [3.05, 3.63) is 128 Å². The molecule has 1 fully saturated rings. The minimum atomic E-state index is -4.27. The number of halogens is 3. The van der Waals surface area contributed by atoms with E-state index in [1.807, 2.05) is 61.5 Å². The molecule has 11 heteroatoms. The SMILES string of the molecule is Cc1ccc(S(=O)(=O)N(CC(=O)N(Cc2ccc(Br)cc2)[C@H](Cc2ccccc2)C(=O)NC2CCCC2)c2cc(Cl)cc(Cl)c2)cc1. The van der Waals surface area contributed by atoms with E-state index in [1.165, 1.54) is 35.2 Å². The van der Waals surface area contributed by atoms with Gasteiger partial charge in [-0.25, -0.2) is 8.42 Å². The quantitative estimate of drug-likeness (QED) is 0.159. The van der Waals surface area contributed by atoms with Crippen LogP contribution in [0.5, 0.6) is 0 Å². The predicted molar refractivity (Wildman–Crippen MR) is 191 cm³/mol. The Morgan fingerprint density at radius 3 is 2.11 bits per heavy atom. The van der Waals surface area contributed by atoms with Gasteiger partial charge in [0.25, 0.3) is 10.0 Å². The zero-order valence-corrected chi connectivity index (χ0v) is 29.8. The summed E-state index contributed by atoms with van der Waals surface area (Å²) >= 11 is 16.1. The Balaban J connectivity index is 1.58. The number of rotatable bonds is 12. The van der Waals surface area contributed by atoms with Gasteiger partial charge in [0.1, 0.15) is 12.6 Å². The molecule has 4 aromatic carbocycles. The van der Waals surface area contributed by atoms with Crippen LogP contribution in [0.15, 0.2) is 106 Å². The first kappa shape index (κ1) is 35.0. The molecule has 47 heavy (non-hydrogen) atoms. The monoisotopic (exact) mass is 755 g/mol. The van der Waals surface area contributed by atoms with Crippen LogP contribution in [0, 0.1) is 6.92 Å². The van der Waals surface area contributed by atoms with Crippen molar-refractivity contribution >= 4 is 66.7 Å². The van der Waals surface area contributed by atoms with Gasteiger partial charge in [-0.2, -0.15) is 0 Å². The molecule has 1 N–H and O–H groups in total. The van der Waals surface area contributed by atoms with Crippen LogP contribution >= 0.6 is 39.1 Å². The van der Waals surface area contributed by atoms with Crippen LogP contribution in [-0.4, -0.2) is 43.8 Å². The van der Waals surface area contributed by atoms with E-state index in [4.69, 9.17) is 23.2 Å². The maximum absolute atomic E-state index is 14.6. The van der Waals surface area contributed by atoms with Gasteiger partial charge in [-0.3, -0.25) is 13.9 Å². The average molecular weight is 758 g/mol. The first-order valence-corrected chi connectivity index (χ1v) is 18.4. The summed E-state index contributed by atoms with van der Waals surface area (Å²) in [6.07, 6.45) is 4.06. The molecule has 2 amide bonds. The van der Waals surface area contributed by atoms with Crippen molar-refractivity contribution < 1.29 is 18.0 Å². The van der Waals surface area contributed by atoms with E-state index in [1.54, 1.807) is 12.1 Å². The van der Waals surface area contributed by atoms with E-state index < -0.39 is 28.5 Å². The second-order valence-electron chi connectivity index (χ2n) is 11.8. The summed E-state index contributed by atoms with van der Waals surface area (Å²) in [4.78, 5) is 30.2. The largest absolute Gasteiger partial charge is 0.352 e. The minimum Gasteiger partial charge on any atom is -0.352 e. The molecule has 0 unspecified atom stereocenters. The maximum Gasteiger partial charge on any atom is 0.264 e. The van der Waals surface area contributed by atoms with Crippen LogP contribution in [0.1, 0.15) is 42.4 Å². The Morgan fingerprint density at radius 2 is 1.49 bits per heavy atom. The molecular weight excluding hydrogens is 721 g/mol. The minimum absolute atomic E-state index is 0.00581. The van der Waals surface area contributed by atoms with E-state index in [2.05, 4.69) is 21.2 Å². The molecular formula is C36H36BrCl2N3O4S. The molecule has 0 radical (unpaired) electrons. The number of nitrogens with one attached hydrogen (secondary N) is 1. The van der Waals surface area contributed by atoms with Crippen LogP contribution in [0.3, 0.4) is 0 Å². The highest BCUT2D eigenvalue weighted by Gasteiger charge is 2.35. The highest BCUT2D eigenvalue weighted by molar-refractivity contribution is 9.10. The Bertz CT molecular complexity index is 1780. The summed E-state index contributed by atoms with van der Waals surface area (Å²) in [7, 11) is -4.27. The molecule has 1 aliphatic rings. The summed E-state index contributed by atoms with van der Waals surface area (Å²) in [5.41, 5.74) is 2.68. The summed E-state index contributed by atoms with van der Waals surface area (Å²) in [5, 5.41) is 3.62. The number of aryl methyl sites for hydroxylation is 1. The fourth-order valence-corrected chi connectivity index (χ4v) is 7.93. The Morgan fingerprint density at radius 1 is 0.872 bits per heavy atom. The van der Waals surface area contributed by atoms with Crippen LogP contribution in [0.25, 0.3) is 0 Å². The van der Waals surface area contributed by atoms with Gasteiger partial charge in [0, 0.05) is 33.5 Å². The molecule has 246 valence electrons. The van der Waals surface area contributed by atoms with E-state index in [0.29, 0.717) is 0 Å². The number of hydrogen-bond acceptors (Lipinski definition) is 4. The van der Waals surface area contributed by atoms with Gasteiger partial charge in [0.2, 0.25) is 11.8 Å². The number of carbonyl (C=O) groups excluding carboxylic acids is 2. The topological polar surface area (TPSA) is 86.8 Å². The standard InChI is InChI=1S/C36H36BrCl2N3O4S/c1-25-11-17-33(18-12-25)47(45,46)42(32-21-29(38)20-30(39)22-32)24-35(43)41(23-27-13-15-28(37)16-14-27)34(19-26-7-3-2-4-8-26)36(44)40-31-9-5-6-10-31/h2-4,7-8,11-18,20-22,31,34H,5-6,9-10,19,23-24H2,1H3,(H,40,44)/t34-/m1/s1. The molecule has 5 rings (SSSR count). The van der Waals surface area contributed by atoms with Crippen molar-refractivity contribution in [1.29, 1.82) is 0 Å². The first-order chi connectivity index (χ1) is 22.5. The van der Waals surface area contributed by atoms with Crippen molar-refractivity contribution in [1.82, 2.24) is 10.2 Å². The fraction of sp³-hybridized carbons (Fsp3) is 0.278. The van der Waals surface area contributed by atoms with Gasteiger partial charge in [-0.1, -0.05) is 112 Å². The molecule has 0 saturated heterocycles. The molecule has 0 bridgehead atoms. The van der Waals surface area contributed by atoms with Gasteiger partial charge in [0.15, 0.2) is 0 Å². The first-order valence-electron chi connectivity index (χ1n) is 15.4. The van der Waals surface area contributed by atoms with E-state index in [0.717, 1.165) is 51.2 Å². The fourth-order valence-electron chi connectivity index (χ4n) is 5.76. The number of amides is 2. The lowest BCUT2D eigenvalue weighted by molar-refractivity contribution is -0.140. The van der Waals surface area contributed by atoms with E-state index in [-0.39, 0.29) is 45.5 Å². The third-order valence-corrected chi connectivity index (χ3v) is 11.0. The average Bonchev–Trinajstić information content (AvgIpc) is 3.55. The number of anilines is 1. The zero-order valence-electron chi connectivity index (χ0n) is 25.9. The number of benzene rings is 4. The van der Waals surface area contributed by atoms with Crippen molar-refractivity contribution in [2.75, 3.05) is 10.8 Å². The summed E-state index contributed by atoms with van der Waals surface area (Å²) < 4.78 is 30.3. The van der Waals surface area contributed by atoms with Crippen LogP contribution in [-0.2, 0) is 32.6 Å². The van der Waals surface area contributed by atoms with Gasteiger partial charge in [-0.05, 0) is 73.4 Å². The Kier molecular flexibility index (Phi) is 11.7. The molecule has 1 saturated carbocycles. The van der Waals surface area contributed by atoms with Crippen molar-refractivity contribution in [2.24, 2.45) is 0 Å². The maximum atomic E-state index is 14.6. The predicted octanol–water partition coefficient (Wildman–Crippen LogP) is 7.96. The van der Waals surface area contributed by atoms with Gasteiger partial charge < -0.3 is 10.2 Å². The lowest BCUT2D eigenvalue weighted by Crippen LogP contribution is -2.54. The highest BCUT2D eigenvalue weighted by Crippen LogP contribution is 2.31. The molecule has 0 aliphatic heterocycles. The molecule has 0 heterocycles. The summed E-state index contributed by atoms with van der Waals surface area (Å²) in [6.45, 7) is 1.35. The molecule has 0 aromatic heterocycles. The second-order valence-corrected chi connectivity index (χ2v) is 15.4. The molecule has 1 atom stereocenters. The number of carbonyl (C=O) groups is 2. The smallest absolute Gasteiger partial charge is 0.264 e. The Labute approximate surface area is 295 Å². The lowest BCUT2D eigenvalue weighted by Gasteiger charge is -2.34. The van der Waals surface area contributed by atoms with E-state index in [9.17, 15) is 18.0 Å². The van der Waals surface area contributed by atoms with Crippen LogP contribution < -0.4 is 9.62 Å². The summed E-state index contributed by atoms with van der Waals surface area (Å²) in [6, 6.07) is 26.9. The molecule has 0 spiro atoms. The van der Waals surface area contributed by atoms with Crippen molar-refractivity contribution in [3.8, 4) is 0 Å². The second kappa shape index (κ2) is 15.7. The zero-order chi connectivity index (χ0) is 33.6. The summed E-state index contributed by atoms with van der Waals surface area (Å²) in [5.74, 6) is -0.827. The number of hydrogen-bond donors (Lipinski definition) is 1. The van der Waals surface area contributed by atoms with Crippen molar-refractivity contribution in [2.45, 2.75) is 62.6 Å². The third-order valence-electron chi connectivity index (χ3n) is 8.26. The van der Waals surface area contributed by atoms with Gasteiger partial charge in [0.05, 0.1) is 10.6 Å². The molecule has 1 aliphatic carbocycles. The Hall–Kier alpha value is -3.37. The van der Waals surface area contributed by atoms with Crippen molar-refractivity contribution in [3.63, 3.8) is 0 Å². The molecule has 7 nitrogen and oxygen atoms in total. The van der Waals surface area contributed by atoms with Crippen LogP contribution in [0.2, 0.25) is 10.0 Å². The lowest BCUT2D eigenvalue weighted by atomic mass is 10.0. The normalized spacial score (nSPS) is 14.0.